The van der Waals surface area contributed by atoms with Crippen molar-refractivity contribution in [2.75, 3.05) is 12.4 Å². The molecule has 0 aromatic heterocycles. The summed E-state index contributed by atoms with van der Waals surface area (Å²) in [5.41, 5.74) is 2.80. The van der Waals surface area contributed by atoms with E-state index in [1.165, 1.54) is 7.05 Å². The van der Waals surface area contributed by atoms with Crippen LogP contribution in [-0.2, 0) is 0 Å². The van der Waals surface area contributed by atoms with Crippen molar-refractivity contribution in [2.24, 2.45) is 0 Å². The van der Waals surface area contributed by atoms with E-state index in [2.05, 4.69) is 29.8 Å². The van der Waals surface area contributed by atoms with Gasteiger partial charge in [0.2, 0.25) is 0 Å². The summed E-state index contributed by atoms with van der Waals surface area (Å²) >= 11 is 0. The Labute approximate surface area is 107 Å². The molecular formula is C13H19N3O2. The van der Waals surface area contributed by atoms with Gasteiger partial charge in [0.15, 0.2) is 0 Å². The number of hydrogen-bond acceptors (Lipinski definition) is 2. The monoisotopic (exact) mass is 249 g/mol. The first-order chi connectivity index (χ1) is 8.43. The number of anilines is 1. The Balaban J connectivity index is 2.80. The van der Waals surface area contributed by atoms with Gasteiger partial charge in [0.05, 0.1) is 0 Å². The van der Waals surface area contributed by atoms with Crippen LogP contribution in [0.2, 0.25) is 0 Å². The number of rotatable bonds is 2. The smallest absolute Gasteiger partial charge is 0.327 e. The fraction of sp³-hybridized carbons (Fsp3) is 0.385. The minimum atomic E-state index is -0.543. The van der Waals surface area contributed by atoms with Crippen molar-refractivity contribution < 1.29 is 9.59 Å². The highest BCUT2D eigenvalue weighted by Crippen LogP contribution is 2.22. The second kappa shape index (κ2) is 6.05. The molecule has 5 nitrogen and oxygen atoms in total. The lowest BCUT2D eigenvalue weighted by Gasteiger charge is -2.12. The number of hydrogen-bond donors (Lipinski definition) is 3. The predicted octanol–water partition coefficient (Wildman–Crippen LogP) is 2.58. The maximum absolute atomic E-state index is 11.5. The van der Waals surface area contributed by atoms with Crippen LogP contribution in [0.15, 0.2) is 18.2 Å². The molecule has 0 aliphatic rings. The Bertz CT molecular complexity index is 456. The maximum atomic E-state index is 11.5. The number of carbonyl (C=O) groups is 2. The van der Waals surface area contributed by atoms with Crippen LogP contribution in [0.4, 0.5) is 15.3 Å². The molecule has 0 radical (unpaired) electrons. The zero-order valence-corrected chi connectivity index (χ0v) is 11.1. The third-order valence-corrected chi connectivity index (χ3v) is 2.63. The molecule has 0 atom stereocenters. The van der Waals surface area contributed by atoms with Crippen LogP contribution >= 0.6 is 0 Å². The van der Waals surface area contributed by atoms with Crippen LogP contribution in [-0.4, -0.2) is 19.1 Å². The van der Waals surface area contributed by atoms with Crippen molar-refractivity contribution in [3.63, 3.8) is 0 Å². The zero-order valence-electron chi connectivity index (χ0n) is 11.1. The van der Waals surface area contributed by atoms with Gasteiger partial charge >= 0.3 is 12.1 Å². The van der Waals surface area contributed by atoms with Crippen molar-refractivity contribution in [1.82, 2.24) is 10.6 Å². The van der Waals surface area contributed by atoms with Gasteiger partial charge in [-0.3, -0.25) is 5.32 Å². The number of amides is 4. The van der Waals surface area contributed by atoms with Gasteiger partial charge in [0.25, 0.3) is 0 Å². The number of aryl methyl sites for hydroxylation is 1. The summed E-state index contributed by atoms with van der Waals surface area (Å²) < 4.78 is 0. The summed E-state index contributed by atoms with van der Waals surface area (Å²) in [6.07, 6.45) is 0. The molecule has 0 aliphatic heterocycles. The summed E-state index contributed by atoms with van der Waals surface area (Å²) in [5.74, 6) is 0.383. The molecule has 0 unspecified atom stereocenters. The van der Waals surface area contributed by atoms with Crippen molar-refractivity contribution in [3.05, 3.63) is 29.3 Å². The number of benzene rings is 1. The van der Waals surface area contributed by atoms with Gasteiger partial charge in [-0.2, -0.15) is 0 Å². The van der Waals surface area contributed by atoms with E-state index in [-0.39, 0.29) is 0 Å². The molecule has 1 aromatic rings. The van der Waals surface area contributed by atoms with Gasteiger partial charge in [-0.05, 0) is 30.0 Å². The summed E-state index contributed by atoms with van der Waals surface area (Å²) in [7, 11) is 1.45. The molecule has 18 heavy (non-hydrogen) atoms. The number of urea groups is 2. The summed E-state index contributed by atoms with van der Waals surface area (Å²) in [4.78, 5) is 22.5. The predicted molar refractivity (Wildman–Crippen MR) is 71.9 cm³/mol. The molecule has 3 N–H and O–H groups in total. The highest BCUT2D eigenvalue weighted by molar-refractivity contribution is 6.00. The first kappa shape index (κ1) is 14.0. The molecule has 0 bridgehead atoms. The lowest BCUT2D eigenvalue weighted by molar-refractivity contribution is 0.234. The summed E-state index contributed by atoms with van der Waals surface area (Å²) in [5, 5.41) is 7.13. The SMILES string of the molecule is CNC(=O)NC(=O)Nc1cc(C(C)C)ccc1C. The van der Waals surface area contributed by atoms with Crippen LogP contribution in [0.3, 0.4) is 0 Å². The second-order valence-electron chi connectivity index (χ2n) is 4.39. The molecule has 5 heteroatoms. The van der Waals surface area contributed by atoms with Gasteiger partial charge in [0.1, 0.15) is 0 Å². The number of imide groups is 1. The summed E-state index contributed by atoms with van der Waals surface area (Å²) in [6, 6.07) is 4.82. The molecule has 0 heterocycles. The van der Waals surface area contributed by atoms with Crippen molar-refractivity contribution in [2.45, 2.75) is 26.7 Å². The van der Waals surface area contributed by atoms with Gasteiger partial charge < -0.3 is 10.6 Å². The van der Waals surface area contributed by atoms with E-state index in [1.807, 2.05) is 25.1 Å². The van der Waals surface area contributed by atoms with Crippen LogP contribution in [0, 0.1) is 6.92 Å². The summed E-state index contributed by atoms with van der Waals surface area (Å²) in [6.45, 7) is 6.07. The van der Waals surface area contributed by atoms with Crippen LogP contribution in [0.5, 0.6) is 0 Å². The molecule has 4 amide bonds. The Kier molecular flexibility index (Phi) is 4.71. The zero-order chi connectivity index (χ0) is 13.7. The van der Waals surface area contributed by atoms with E-state index in [4.69, 9.17) is 0 Å². The highest BCUT2D eigenvalue weighted by atomic mass is 16.2. The van der Waals surface area contributed by atoms with Gasteiger partial charge in [-0.25, -0.2) is 9.59 Å². The number of carbonyl (C=O) groups excluding carboxylic acids is 2. The average molecular weight is 249 g/mol. The second-order valence-corrected chi connectivity index (χ2v) is 4.39. The van der Waals surface area contributed by atoms with E-state index in [0.717, 1.165) is 11.1 Å². The maximum Gasteiger partial charge on any atom is 0.327 e. The largest absolute Gasteiger partial charge is 0.341 e. The van der Waals surface area contributed by atoms with Crippen molar-refractivity contribution in [3.8, 4) is 0 Å². The van der Waals surface area contributed by atoms with Gasteiger partial charge in [0, 0.05) is 12.7 Å². The third-order valence-electron chi connectivity index (χ3n) is 2.63. The molecule has 0 saturated carbocycles. The topological polar surface area (TPSA) is 70.2 Å². The minimum absolute atomic E-state index is 0.383. The minimum Gasteiger partial charge on any atom is -0.341 e. The fourth-order valence-corrected chi connectivity index (χ4v) is 1.45. The standard InChI is InChI=1S/C13H19N3O2/c1-8(2)10-6-5-9(3)11(7-10)15-13(18)16-12(17)14-4/h5-8H,1-4H3,(H3,14,15,16,17,18). The Hall–Kier alpha value is -2.04. The average Bonchev–Trinajstić information content (AvgIpc) is 2.31. The number of nitrogens with one attached hydrogen (secondary N) is 3. The molecular weight excluding hydrogens is 230 g/mol. The highest BCUT2D eigenvalue weighted by Gasteiger charge is 2.09. The Morgan fingerprint density at radius 3 is 2.39 bits per heavy atom. The van der Waals surface area contributed by atoms with E-state index in [1.54, 1.807) is 0 Å². The van der Waals surface area contributed by atoms with Gasteiger partial charge in [-0.15, -0.1) is 0 Å². The van der Waals surface area contributed by atoms with Crippen molar-refractivity contribution >= 4 is 17.7 Å². The van der Waals surface area contributed by atoms with E-state index in [0.29, 0.717) is 11.6 Å². The molecule has 0 saturated heterocycles. The fourth-order valence-electron chi connectivity index (χ4n) is 1.45. The molecule has 98 valence electrons. The first-order valence-corrected chi connectivity index (χ1v) is 5.84. The molecule has 0 aliphatic carbocycles. The van der Waals surface area contributed by atoms with E-state index < -0.39 is 12.1 Å². The van der Waals surface area contributed by atoms with Crippen LogP contribution in [0.1, 0.15) is 30.9 Å². The lowest BCUT2D eigenvalue weighted by Crippen LogP contribution is -2.40. The normalized spacial score (nSPS) is 10.1. The third kappa shape index (κ3) is 3.76. The molecule has 0 spiro atoms. The molecule has 1 aromatic carbocycles. The first-order valence-electron chi connectivity index (χ1n) is 5.84. The van der Waals surface area contributed by atoms with Gasteiger partial charge in [-0.1, -0.05) is 26.0 Å². The molecule has 0 fully saturated rings. The Morgan fingerprint density at radius 1 is 1.17 bits per heavy atom. The van der Waals surface area contributed by atoms with E-state index >= 15 is 0 Å². The van der Waals surface area contributed by atoms with Crippen LogP contribution < -0.4 is 16.0 Å². The lowest BCUT2D eigenvalue weighted by atomic mass is 10.0. The van der Waals surface area contributed by atoms with Crippen molar-refractivity contribution in [1.29, 1.82) is 0 Å². The van der Waals surface area contributed by atoms with E-state index in [9.17, 15) is 9.59 Å². The van der Waals surface area contributed by atoms with Crippen LogP contribution in [0.25, 0.3) is 0 Å². The molecule has 1 rings (SSSR count). The Morgan fingerprint density at radius 2 is 1.83 bits per heavy atom. The quantitative estimate of drug-likeness (QED) is 0.754.